The fourth-order valence-corrected chi connectivity index (χ4v) is 2.03. The molecule has 1 heterocycles. The minimum Gasteiger partial charge on any atom is -0.489 e. The summed E-state index contributed by atoms with van der Waals surface area (Å²) in [6.45, 7) is 2.48. The highest BCUT2D eigenvalue weighted by Gasteiger charge is 2.06. The lowest BCUT2D eigenvalue weighted by Crippen LogP contribution is -1.94. The lowest BCUT2D eigenvalue weighted by atomic mass is 10.1. The van der Waals surface area contributed by atoms with Gasteiger partial charge in [-0.1, -0.05) is 30.3 Å². The summed E-state index contributed by atoms with van der Waals surface area (Å²) in [5.41, 5.74) is 3.06. The van der Waals surface area contributed by atoms with Crippen molar-refractivity contribution in [1.29, 1.82) is 0 Å². The monoisotopic (exact) mass is 265 g/mol. The van der Waals surface area contributed by atoms with Crippen LogP contribution in [-0.4, -0.2) is 4.98 Å². The number of rotatable bonds is 4. The molecule has 0 amide bonds. The molecular weight excluding hydrogens is 250 g/mol. The third-order valence-electron chi connectivity index (χ3n) is 3.12. The predicted octanol–water partition coefficient (Wildman–Crippen LogP) is 4.23. The summed E-state index contributed by atoms with van der Waals surface area (Å²) in [5.74, 6) is 1.67. The lowest BCUT2D eigenvalue weighted by molar-refractivity contribution is 0.306. The van der Waals surface area contributed by atoms with Crippen LogP contribution in [-0.2, 0) is 6.61 Å². The van der Waals surface area contributed by atoms with E-state index >= 15 is 0 Å². The Hall–Kier alpha value is -2.55. The highest BCUT2D eigenvalue weighted by molar-refractivity contribution is 5.61. The summed E-state index contributed by atoms with van der Waals surface area (Å²) in [7, 11) is 0. The quantitative estimate of drug-likeness (QED) is 0.708. The maximum Gasteiger partial charge on any atom is 0.181 e. The lowest BCUT2D eigenvalue weighted by Gasteiger charge is -2.06. The van der Waals surface area contributed by atoms with E-state index in [0.29, 0.717) is 6.61 Å². The normalized spacial score (nSPS) is 10.4. The molecule has 3 aromatic rings. The van der Waals surface area contributed by atoms with E-state index in [2.05, 4.69) is 4.98 Å². The van der Waals surface area contributed by atoms with Crippen LogP contribution in [0.2, 0.25) is 0 Å². The van der Waals surface area contributed by atoms with Crippen molar-refractivity contribution in [3.63, 3.8) is 0 Å². The van der Waals surface area contributed by atoms with E-state index < -0.39 is 0 Å². The van der Waals surface area contributed by atoms with Crippen LogP contribution in [0.5, 0.6) is 5.75 Å². The molecule has 3 nitrogen and oxygen atoms in total. The number of nitrogens with zero attached hydrogens (tertiary/aromatic N) is 1. The van der Waals surface area contributed by atoms with Gasteiger partial charge in [-0.15, -0.1) is 0 Å². The van der Waals surface area contributed by atoms with Crippen LogP contribution in [0.15, 0.2) is 65.4 Å². The maximum absolute atomic E-state index is 5.75. The van der Waals surface area contributed by atoms with Crippen molar-refractivity contribution in [2.75, 3.05) is 0 Å². The molecule has 0 unspecified atom stereocenters. The molecule has 2 aromatic carbocycles. The van der Waals surface area contributed by atoms with Crippen LogP contribution in [0.3, 0.4) is 0 Å². The van der Waals surface area contributed by atoms with Gasteiger partial charge in [0.15, 0.2) is 6.39 Å². The van der Waals surface area contributed by atoms with Gasteiger partial charge in [0.05, 0.1) is 0 Å². The van der Waals surface area contributed by atoms with E-state index in [9.17, 15) is 0 Å². The third kappa shape index (κ3) is 2.72. The van der Waals surface area contributed by atoms with Crippen LogP contribution >= 0.6 is 0 Å². The Bertz CT molecular complexity index is 672. The molecule has 0 bridgehead atoms. The molecule has 0 aliphatic rings. The fourth-order valence-electron chi connectivity index (χ4n) is 2.03. The minimum atomic E-state index is 0.573. The van der Waals surface area contributed by atoms with Crippen LogP contribution in [0.4, 0.5) is 0 Å². The Kier molecular flexibility index (Phi) is 3.50. The molecule has 0 N–H and O–H groups in total. The summed E-state index contributed by atoms with van der Waals surface area (Å²) >= 11 is 0. The first-order chi connectivity index (χ1) is 9.83. The topological polar surface area (TPSA) is 35.3 Å². The van der Waals surface area contributed by atoms with Gasteiger partial charge >= 0.3 is 0 Å². The Labute approximate surface area is 117 Å². The molecule has 20 heavy (non-hydrogen) atoms. The van der Waals surface area contributed by atoms with Crippen LogP contribution in [0.1, 0.15) is 11.3 Å². The fraction of sp³-hybridized carbons (Fsp3) is 0.118. The van der Waals surface area contributed by atoms with Crippen molar-refractivity contribution in [3.05, 3.63) is 72.3 Å². The van der Waals surface area contributed by atoms with Gasteiger partial charge in [-0.25, -0.2) is 4.98 Å². The predicted molar refractivity (Wildman–Crippen MR) is 77.5 cm³/mol. The molecule has 0 saturated heterocycles. The zero-order valence-electron chi connectivity index (χ0n) is 11.2. The molecule has 0 atom stereocenters. The first-order valence-corrected chi connectivity index (χ1v) is 6.50. The smallest absolute Gasteiger partial charge is 0.181 e. The summed E-state index contributed by atoms with van der Waals surface area (Å²) in [6.07, 6.45) is 1.46. The van der Waals surface area contributed by atoms with Gasteiger partial charge in [0, 0.05) is 5.56 Å². The van der Waals surface area contributed by atoms with Gasteiger partial charge < -0.3 is 9.15 Å². The van der Waals surface area contributed by atoms with E-state index in [4.69, 9.17) is 9.15 Å². The standard InChI is InChI=1S/C17H15NO2/c1-13-17(18-12-20-13)15-7-9-16(10-8-15)19-11-14-5-3-2-4-6-14/h2-10,12H,11H2,1H3. The second-order valence-corrected chi connectivity index (χ2v) is 4.56. The van der Waals surface area contributed by atoms with E-state index in [1.165, 1.54) is 6.39 Å². The van der Waals surface area contributed by atoms with Crippen molar-refractivity contribution >= 4 is 0 Å². The number of benzene rings is 2. The zero-order valence-corrected chi connectivity index (χ0v) is 11.2. The number of ether oxygens (including phenoxy) is 1. The van der Waals surface area contributed by atoms with E-state index in [1.807, 2.05) is 61.5 Å². The van der Waals surface area contributed by atoms with Gasteiger partial charge in [0.1, 0.15) is 23.8 Å². The molecule has 0 aliphatic carbocycles. The van der Waals surface area contributed by atoms with E-state index in [0.717, 1.165) is 28.3 Å². The van der Waals surface area contributed by atoms with Gasteiger partial charge in [0.25, 0.3) is 0 Å². The molecule has 3 heteroatoms. The highest BCUT2D eigenvalue weighted by atomic mass is 16.5. The Morgan fingerprint density at radius 3 is 2.40 bits per heavy atom. The Morgan fingerprint density at radius 1 is 1.00 bits per heavy atom. The summed E-state index contributed by atoms with van der Waals surface area (Å²) < 4.78 is 11.0. The van der Waals surface area contributed by atoms with Crippen molar-refractivity contribution in [2.45, 2.75) is 13.5 Å². The average Bonchev–Trinajstić information content (AvgIpc) is 2.93. The van der Waals surface area contributed by atoms with Gasteiger partial charge in [-0.05, 0) is 36.8 Å². The number of oxazole rings is 1. The number of hydrogen-bond donors (Lipinski definition) is 0. The van der Waals surface area contributed by atoms with E-state index in [1.54, 1.807) is 0 Å². The zero-order chi connectivity index (χ0) is 13.8. The third-order valence-corrected chi connectivity index (χ3v) is 3.12. The van der Waals surface area contributed by atoms with Crippen molar-refractivity contribution in [1.82, 2.24) is 4.98 Å². The van der Waals surface area contributed by atoms with Crippen LogP contribution in [0.25, 0.3) is 11.3 Å². The maximum atomic E-state index is 5.75. The van der Waals surface area contributed by atoms with Crippen molar-refractivity contribution in [3.8, 4) is 17.0 Å². The molecule has 3 rings (SSSR count). The Balaban J connectivity index is 1.69. The SMILES string of the molecule is Cc1ocnc1-c1ccc(OCc2ccccc2)cc1. The second-order valence-electron chi connectivity index (χ2n) is 4.56. The minimum absolute atomic E-state index is 0.573. The van der Waals surface area contributed by atoms with E-state index in [-0.39, 0.29) is 0 Å². The largest absolute Gasteiger partial charge is 0.489 e. The molecular formula is C17H15NO2. The molecule has 1 aromatic heterocycles. The van der Waals surface area contributed by atoms with Gasteiger partial charge in [0.2, 0.25) is 0 Å². The van der Waals surface area contributed by atoms with Crippen molar-refractivity contribution < 1.29 is 9.15 Å². The number of aryl methyl sites for hydroxylation is 1. The Morgan fingerprint density at radius 2 is 1.75 bits per heavy atom. The first-order valence-electron chi connectivity index (χ1n) is 6.50. The average molecular weight is 265 g/mol. The molecule has 0 saturated carbocycles. The number of hydrogen-bond acceptors (Lipinski definition) is 3. The molecule has 0 fully saturated rings. The molecule has 0 spiro atoms. The molecule has 0 aliphatic heterocycles. The first kappa shape index (κ1) is 12.5. The summed E-state index contributed by atoms with van der Waals surface area (Å²) in [6, 6.07) is 18.0. The highest BCUT2D eigenvalue weighted by Crippen LogP contribution is 2.24. The van der Waals surface area contributed by atoms with Crippen molar-refractivity contribution in [2.24, 2.45) is 0 Å². The summed E-state index contributed by atoms with van der Waals surface area (Å²) in [4.78, 5) is 4.20. The van der Waals surface area contributed by atoms with Crippen LogP contribution in [0, 0.1) is 6.92 Å². The van der Waals surface area contributed by atoms with Gasteiger partial charge in [-0.2, -0.15) is 0 Å². The van der Waals surface area contributed by atoms with Crippen LogP contribution < -0.4 is 4.74 Å². The molecule has 100 valence electrons. The second kappa shape index (κ2) is 5.61. The number of aromatic nitrogens is 1. The molecule has 0 radical (unpaired) electrons. The van der Waals surface area contributed by atoms with Gasteiger partial charge in [-0.3, -0.25) is 0 Å². The summed E-state index contributed by atoms with van der Waals surface area (Å²) in [5, 5.41) is 0.